The largest absolute Gasteiger partial charge is 0.453 e. The van der Waals surface area contributed by atoms with Crippen molar-refractivity contribution in [1.29, 1.82) is 0 Å². The Labute approximate surface area is 202 Å². The highest BCUT2D eigenvalue weighted by Gasteiger charge is 2.24. The molecule has 2 N–H and O–H groups in total. The molecule has 182 valence electrons. The lowest BCUT2D eigenvalue weighted by atomic mass is 10.2. The number of carbonyl (C=O) groups is 2. The summed E-state index contributed by atoms with van der Waals surface area (Å²) in [7, 11) is 1.25. The standard InChI is InChI=1S/C23H22FN5O5S/c1-4-9-28-19(25)18(20(31)27(3)23(28)33)16(30)11-34-22(32)17-10-15-12(2)26-29(21(15)35-17)14-7-5-13(24)6-8-14/h5-8,10H,4,9,11,25H2,1-3H3. The van der Waals surface area contributed by atoms with Gasteiger partial charge in [-0.1, -0.05) is 6.92 Å². The number of hydrogen-bond acceptors (Lipinski definition) is 8. The van der Waals surface area contributed by atoms with Gasteiger partial charge in [0, 0.05) is 19.0 Å². The van der Waals surface area contributed by atoms with Crippen molar-refractivity contribution in [3.8, 4) is 5.69 Å². The molecule has 0 saturated heterocycles. The van der Waals surface area contributed by atoms with Crippen molar-refractivity contribution in [1.82, 2.24) is 18.9 Å². The Hall–Kier alpha value is -4.06. The van der Waals surface area contributed by atoms with Crippen LogP contribution in [0.4, 0.5) is 10.2 Å². The fourth-order valence-electron chi connectivity index (χ4n) is 3.66. The number of thiophene rings is 1. The van der Waals surface area contributed by atoms with Crippen LogP contribution < -0.4 is 17.0 Å². The van der Waals surface area contributed by atoms with E-state index in [-0.39, 0.29) is 23.1 Å². The van der Waals surface area contributed by atoms with Crippen LogP contribution in [-0.4, -0.2) is 37.3 Å². The number of aryl methyl sites for hydroxylation is 1. The predicted octanol–water partition coefficient (Wildman–Crippen LogP) is 2.43. The summed E-state index contributed by atoms with van der Waals surface area (Å²) in [5.41, 5.74) is 5.36. The highest BCUT2D eigenvalue weighted by atomic mass is 32.1. The van der Waals surface area contributed by atoms with Gasteiger partial charge in [0.2, 0.25) is 5.78 Å². The van der Waals surface area contributed by atoms with Gasteiger partial charge >= 0.3 is 11.7 Å². The molecular weight excluding hydrogens is 477 g/mol. The number of hydrogen-bond donors (Lipinski definition) is 1. The summed E-state index contributed by atoms with van der Waals surface area (Å²) >= 11 is 1.10. The Balaban J connectivity index is 1.59. The molecule has 0 saturated carbocycles. The molecule has 12 heteroatoms. The minimum Gasteiger partial charge on any atom is -0.453 e. The van der Waals surface area contributed by atoms with Gasteiger partial charge in [-0.3, -0.25) is 18.7 Å². The van der Waals surface area contributed by atoms with Crippen LogP contribution in [0.2, 0.25) is 0 Å². The van der Waals surface area contributed by atoms with E-state index in [2.05, 4.69) is 5.10 Å². The van der Waals surface area contributed by atoms with E-state index in [9.17, 15) is 23.6 Å². The molecule has 0 bridgehead atoms. The quantitative estimate of drug-likeness (QED) is 0.305. The molecule has 4 aromatic rings. The number of nitrogens with two attached hydrogens (primary N) is 1. The van der Waals surface area contributed by atoms with E-state index in [1.807, 2.05) is 6.92 Å². The normalized spacial score (nSPS) is 11.2. The average Bonchev–Trinajstić information content (AvgIpc) is 3.40. The molecule has 3 heterocycles. The number of ether oxygens (including phenoxy) is 1. The highest BCUT2D eigenvalue weighted by molar-refractivity contribution is 7.20. The molecule has 3 aromatic heterocycles. The summed E-state index contributed by atoms with van der Waals surface area (Å²) in [5.74, 6) is -2.20. The van der Waals surface area contributed by atoms with E-state index >= 15 is 0 Å². The first-order chi connectivity index (χ1) is 16.6. The molecule has 0 unspecified atom stereocenters. The van der Waals surface area contributed by atoms with Crippen LogP contribution in [-0.2, 0) is 18.3 Å². The Morgan fingerprint density at radius 2 is 1.89 bits per heavy atom. The minimum atomic E-state index is -0.849. The number of nitrogen functional groups attached to an aromatic ring is 1. The first kappa shape index (κ1) is 24.1. The van der Waals surface area contributed by atoms with Gasteiger partial charge in [0.15, 0.2) is 6.61 Å². The van der Waals surface area contributed by atoms with Crippen molar-refractivity contribution < 1.29 is 18.7 Å². The number of carbonyl (C=O) groups excluding carboxylic acids is 2. The fraction of sp³-hybridized carbons (Fsp3) is 0.261. The maximum atomic E-state index is 13.3. The Kier molecular flexibility index (Phi) is 6.39. The Morgan fingerprint density at radius 3 is 2.54 bits per heavy atom. The van der Waals surface area contributed by atoms with Crippen molar-refractivity contribution in [2.75, 3.05) is 12.3 Å². The van der Waals surface area contributed by atoms with Gasteiger partial charge in [0.25, 0.3) is 5.56 Å². The van der Waals surface area contributed by atoms with E-state index in [0.29, 0.717) is 28.0 Å². The summed E-state index contributed by atoms with van der Waals surface area (Å²) < 4.78 is 22.0. The maximum Gasteiger partial charge on any atom is 0.348 e. The number of Topliss-reactive ketones (excluding diaryl/α,β-unsaturated/α-hetero) is 1. The number of fused-ring (bicyclic) bond motifs is 1. The van der Waals surface area contributed by atoms with Gasteiger partial charge in [0.05, 0.1) is 11.4 Å². The highest BCUT2D eigenvalue weighted by Crippen LogP contribution is 2.31. The van der Waals surface area contributed by atoms with Gasteiger partial charge in [-0.15, -0.1) is 11.3 Å². The zero-order valence-corrected chi connectivity index (χ0v) is 20.0. The molecule has 0 aliphatic rings. The van der Waals surface area contributed by atoms with E-state index < -0.39 is 35.2 Å². The number of aromatic nitrogens is 4. The molecule has 35 heavy (non-hydrogen) atoms. The molecule has 0 spiro atoms. The second-order valence-electron chi connectivity index (χ2n) is 7.86. The van der Waals surface area contributed by atoms with Crippen LogP contribution in [0, 0.1) is 12.7 Å². The second kappa shape index (κ2) is 9.29. The van der Waals surface area contributed by atoms with E-state index in [4.69, 9.17) is 10.5 Å². The minimum absolute atomic E-state index is 0.223. The molecule has 0 radical (unpaired) electrons. The van der Waals surface area contributed by atoms with Crippen LogP contribution in [0.25, 0.3) is 15.9 Å². The molecule has 0 atom stereocenters. The van der Waals surface area contributed by atoms with Crippen LogP contribution >= 0.6 is 11.3 Å². The van der Waals surface area contributed by atoms with Crippen molar-refractivity contribution >= 4 is 39.1 Å². The van der Waals surface area contributed by atoms with Crippen molar-refractivity contribution in [3.63, 3.8) is 0 Å². The van der Waals surface area contributed by atoms with Crippen molar-refractivity contribution in [2.24, 2.45) is 7.05 Å². The third-order valence-electron chi connectivity index (χ3n) is 5.46. The van der Waals surface area contributed by atoms with Crippen molar-refractivity contribution in [3.05, 3.63) is 73.1 Å². The first-order valence-electron chi connectivity index (χ1n) is 10.7. The molecule has 0 aliphatic carbocycles. The van der Waals surface area contributed by atoms with Gasteiger partial charge in [-0.2, -0.15) is 5.10 Å². The molecule has 0 fully saturated rings. The number of rotatable bonds is 7. The topological polar surface area (TPSA) is 131 Å². The molecule has 0 aliphatic heterocycles. The first-order valence-corrected chi connectivity index (χ1v) is 11.5. The number of nitrogens with zero attached hydrogens (tertiary/aromatic N) is 4. The summed E-state index contributed by atoms with van der Waals surface area (Å²) in [6.07, 6.45) is 0.561. The number of benzene rings is 1. The maximum absolute atomic E-state index is 13.3. The van der Waals surface area contributed by atoms with Crippen LogP contribution in [0.5, 0.6) is 0 Å². The van der Waals surface area contributed by atoms with Crippen LogP contribution in [0.1, 0.15) is 39.1 Å². The molecule has 0 amide bonds. The van der Waals surface area contributed by atoms with Crippen LogP contribution in [0.15, 0.2) is 39.9 Å². The molecular formula is C23H22FN5O5S. The predicted molar refractivity (Wildman–Crippen MR) is 129 cm³/mol. The van der Waals surface area contributed by atoms with Gasteiger partial charge in [-0.25, -0.2) is 18.7 Å². The smallest absolute Gasteiger partial charge is 0.348 e. The van der Waals surface area contributed by atoms with Crippen LogP contribution in [0.3, 0.4) is 0 Å². The average molecular weight is 500 g/mol. The number of anilines is 1. The number of ketones is 1. The van der Waals surface area contributed by atoms with E-state index in [1.165, 1.54) is 19.2 Å². The number of esters is 1. The summed E-state index contributed by atoms with van der Waals surface area (Å²) in [5, 5.41) is 5.15. The fourth-order valence-corrected chi connectivity index (χ4v) is 4.74. The Morgan fingerprint density at radius 1 is 1.20 bits per heavy atom. The summed E-state index contributed by atoms with van der Waals surface area (Å²) in [4.78, 5) is 51.1. The SMILES string of the molecule is CCCn1c(N)c(C(=O)COC(=O)c2cc3c(C)nn(-c4ccc(F)cc4)c3s2)c(=O)n(C)c1=O. The number of halogens is 1. The summed E-state index contributed by atoms with van der Waals surface area (Å²) in [6.45, 7) is 3.10. The molecule has 1 aromatic carbocycles. The van der Waals surface area contributed by atoms with Gasteiger partial charge in [-0.05, 0) is 43.7 Å². The zero-order chi connectivity index (χ0) is 25.4. The lowest BCUT2D eigenvalue weighted by Gasteiger charge is -2.13. The Bertz CT molecular complexity index is 1580. The lowest BCUT2D eigenvalue weighted by molar-refractivity contribution is 0.0479. The molecule has 10 nitrogen and oxygen atoms in total. The monoisotopic (exact) mass is 499 g/mol. The summed E-state index contributed by atoms with van der Waals surface area (Å²) in [6, 6.07) is 7.36. The van der Waals surface area contributed by atoms with E-state index in [1.54, 1.807) is 29.8 Å². The second-order valence-corrected chi connectivity index (χ2v) is 8.89. The van der Waals surface area contributed by atoms with Gasteiger partial charge in [0.1, 0.15) is 26.9 Å². The third-order valence-corrected chi connectivity index (χ3v) is 6.55. The zero-order valence-electron chi connectivity index (χ0n) is 19.2. The lowest BCUT2D eigenvalue weighted by Crippen LogP contribution is -2.43. The van der Waals surface area contributed by atoms with E-state index in [0.717, 1.165) is 20.5 Å². The third kappa shape index (κ3) is 4.28. The van der Waals surface area contributed by atoms with Gasteiger partial charge < -0.3 is 10.5 Å². The van der Waals surface area contributed by atoms with Crippen molar-refractivity contribution in [2.45, 2.75) is 26.8 Å². The molecule has 4 rings (SSSR count).